The van der Waals surface area contributed by atoms with Crippen molar-refractivity contribution in [2.45, 2.75) is 20.3 Å². The Hall–Kier alpha value is -2.54. The van der Waals surface area contributed by atoms with Crippen molar-refractivity contribution in [2.75, 3.05) is 11.5 Å². The molecule has 128 valence electrons. The normalized spacial score (nSPS) is 9.79. The third-order valence-electron chi connectivity index (χ3n) is 3.00. The average molecular weight is 348 g/mol. The summed E-state index contributed by atoms with van der Waals surface area (Å²) in [5, 5.41) is 26.0. The standard InChI is InChI=1S/C15H15FN4OS.C2H6/c16-9-3-1-8(2-4-9)7-12(18)22-15(20)10-5-6-11(17)13(19)14(10)21;1-2/h1-6,18,20-21H,7,17,19H2;1-2H3. The number of aromatic hydroxyl groups is 1. The van der Waals surface area contributed by atoms with Crippen LogP contribution in [0.25, 0.3) is 0 Å². The third kappa shape index (κ3) is 4.99. The van der Waals surface area contributed by atoms with Gasteiger partial charge in [-0.2, -0.15) is 0 Å². The van der Waals surface area contributed by atoms with E-state index < -0.39 is 0 Å². The first kappa shape index (κ1) is 19.5. The molecule has 0 saturated carbocycles. The van der Waals surface area contributed by atoms with Crippen molar-refractivity contribution in [3.05, 3.63) is 53.3 Å². The minimum absolute atomic E-state index is 0.00342. The van der Waals surface area contributed by atoms with E-state index >= 15 is 0 Å². The van der Waals surface area contributed by atoms with Crippen molar-refractivity contribution in [3.8, 4) is 5.75 Å². The fraction of sp³-hybridized carbons (Fsp3) is 0.176. The van der Waals surface area contributed by atoms with Gasteiger partial charge >= 0.3 is 0 Å². The number of benzene rings is 2. The molecule has 0 spiro atoms. The molecule has 0 aliphatic carbocycles. The van der Waals surface area contributed by atoms with Gasteiger partial charge in [0.05, 0.1) is 22.0 Å². The molecule has 0 aliphatic heterocycles. The molecular formula is C17H21FN4OS. The van der Waals surface area contributed by atoms with Crippen LogP contribution in [0.2, 0.25) is 0 Å². The van der Waals surface area contributed by atoms with E-state index in [2.05, 4.69) is 0 Å². The van der Waals surface area contributed by atoms with Gasteiger partial charge in [-0.25, -0.2) is 4.39 Å². The molecule has 5 nitrogen and oxygen atoms in total. The lowest BCUT2D eigenvalue weighted by Crippen LogP contribution is -2.05. The predicted molar refractivity (Wildman–Crippen MR) is 101 cm³/mol. The lowest BCUT2D eigenvalue weighted by atomic mass is 10.1. The van der Waals surface area contributed by atoms with Crippen LogP contribution in [0.5, 0.6) is 5.75 Å². The Labute approximate surface area is 144 Å². The SMILES string of the molecule is CC.N=C(Cc1ccc(F)cc1)SC(=N)c1ccc(N)c(N)c1O. The van der Waals surface area contributed by atoms with Gasteiger partial charge in [0.2, 0.25) is 0 Å². The summed E-state index contributed by atoms with van der Waals surface area (Å²) in [4.78, 5) is 0. The summed E-state index contributed by atoms with van der Waals surface area (Å²) in [6, 6.07) is 8.82. The number of phenols is 1. The summed E-state index contributed by atoms with van der Waals surface area (Å²) < 4.78 is 12.8. The van der Waals surface area contributed by atoms with Gasteiger partial charge in [0.15, 0.2) is 5.75 Å². The highest BCUT2D eigenvalue weighted by molar-refractivity contribution is 8.26. The molecule has 0 fully saturated rings. The van der Waals surface area contributed by atoms with E-state index in [-0.39, 0.29) is 45.0 Å². The van der Waals surface area contributed by atoms with Gasteiger partial charge in [-0.15, -0.1) is 0 Å². The van der Waals surface area contributed by atoms with Crippen LogP contribution in [0.15, 0.2) is 36.4 Å². The first-order chi connectivity index (χ1) is 11.4. The van der Waals surface area contributed by atoms with Gasteiger partial charge in [-0.3, -0.25) is 10.8 Å². The summed E-state index contributed by atoms with van der Waals surface area (Å²) in [5.41, 5.74) is 12.4. The zero-order valence-corrected chi connectivity index (χ0v) is 14.4. The molecule has 2 aromatic rings. The molecule has 0 amide bonds. The maximum Gasteiger partial charge on any atom is 0.150 e. The molecule has 0 aromatic heterocycles. The number of anilines is 2. The van der Waals surface area contributed by atoms with Crippen LogP contribution in [0.1, 0.15) is 25.0 Å². The molecule has 0 unspecified atom stereocenters. The second kappa shape index (κ2) is 8.93. The van der Waals surface area contributed by atoms with E-state index in [9.17, 15) is 9.50 Å². The molecular weight excluding hydrogens is 327 g/mol. The van der Waals surface area contributed by atoms with E-state index in [0.29, 0.717) is 0 Å². The fourth-order valence-electron chi connectivity index (χ4n) is 1.81. The Morgan fingerprint density at radius 3 is 2.25 bits per heavy atom. The Morgan fingerprint density at radius 2 is 1.67 bits per heavy atom. The zero-order valence-electron chi connectivity index (χ0n) is 13.6. The monoisotopic (exact) mass is 348 g/mol. The van der Waals surface area contributed by atoms with Crippen molar-refractivity contribution < 1.29 is 9.50 Å². The molecule has 0 atom stereocenters. The highest BCUT2D eigenvalue weighted by Crippen LogP contribution is 2.32. The van der Waals surface area contributed by atoms with Crippen LogP contribution in [-0.4, -0.2) is 15.2 Å². The van der Waals surface area contributed by atoms with E-state index in [1.807, 2.05) is 13.8 Å². The van der Waals surface area contributed by atoms with Gasteiger partial charge in [-0.1, -0.05) is 37.7 Å². The molecule has 0 bridgehead atoms. The summed E-state index contributed by atoms with van der Waals surface area (Å²) in [6.45, 7) is 4.00. The predicted octanol–water partition coefficient (Wildman–Crippen LogP) is 4.00. The topological polar surface area (TPSA) is 120 Å². The fourth-order valence-corrected chi connectivity index (χ4v) is 2.57. The second-order valence-electron chi connectivity index (χ2n) is 4.62. The first-order valence-electron chi connectivity index (χ1n) is 7.34. The quantitative estimate of drug-likeness (QED) is 0.249. The van der Waals surface area contributed by atoms with Gasteiger partial charge in [-0.05, 0) is 29.8 Å². The number of hydrogen-bond acceptors (Lipinski definition) is 6. The average Bonchev–Trinajstić information content (AvgIpc) is 2.56. The van der Waals surface area contributed by atoms with Crippen molar-refractivity contribution in [3.63, 3.8) is 0 Å². The van der Waals surface area contributed by atoms with Gasteiger partial charge < -0.3 is 16.6 Å². The van der Waals surface area contributed by atoms with Gasteiger partial charge in [0.25, 0.3) is 0 Å². The van der Waals surface area contributed by atoms with Gasteiger partial charge in [0.1, 0.15) is 10.9 Å². The highest BCUT2D eigenvalue weighted by atomic mass is 32.2. The molecule has 0 aliphatic rings. The van der Waals surface area contributed by atoms with E-state index in [4.69, 9.17) is 22.3 Å². The highest BCUT2D eigenvalue weighted by Gasteiger charge is 2.14. The maximum absolute atomic E-state index is 12.8. The molecule has 24 heavy (non-hydrogen) atoms. The lowest BCUT2D eigenvalue weighted by Gasteiger charge is -2.10. The smallest absolute Gasteiger partial charge is 0.150 e. The van der Waals surface area contributed by atoms with Gasteiger partial charge in [0, 0.05) is 6.42 Å². The number of phenolic OH excluding ortho intramolecular Hbond substituents is 1. The Kier molecular flexibility index (Phi) is 7.26. The number of rotatable bonds is 3. The van der Waals surface area contributed by atoms with Crippen LogP contribution >= 0.6 is 11.8 Å². The van der Waals surface area contributed by atoms with E-state index in [1.165, 1.54) is 24.3 Å². The third-order valence-corrected chi connectivity index (χ3v) is 3.81. The molecule has 2 rings (SSSR count). The summed E-state index contributed by atoms with van der Waals surface area (Å²) >= 11 is 0.897. The largest absolute Gasteiger partial charge is 0.505 e. The number of halogens is 1. The maximum atomic E-state index is 12.8. The number of nitrogens with one attached hydrogen (secondary N) is 2. The Bertz CT molecular complexity index is 732. The number of nitrogens with two attached hydrogens (primary N) is 2. The van der Waals surface area contributed by atoms with Crippen molar-refractivity contribution in [1.29, 1.82) is 10.8 Å². The van der Waals surface area contributed by atoms with Crippen LogP contribution in [-0.2, 0) is 6.42 Å². The summed E-state index contributed by atoms with van der Waals surface area (Å²) in [5.74, 6) is -0.593. The zero-order chi connectivity index (χ0) is 18.3. The minimum Gasteiger partial charge on any atom is -0.505 e. The Morgan fingerprint density at radius 1 is 1.08 bits per heavy atom. The van der Waals surface area contributed by atoms with Crippen molar-refractivity contribution in [2.24, 2.45) is 0 Å². The minimum atomic E-state index is -0.335. The van der Waals surface area contributed by atoms with Crippen LogP contribution in [0, 0.1) is 16.6 Å². The Balaban J connectivity index is 0.00000139. The van der Waals surface area contributed by atoms with Crippen molar-refractivity contribution >= 4 is 33.2 Å². The molecule has 0 radical (unpaired) electrons. The first-order valence-corrected chi connectivity index (χ1v) is 8.15. The van der Waals surface area contributed by atoms with E-state index in [1.54, 1.807) is 12.1 Å². The van der Waals surface area contributed by atoms with Crippen LogP contribution in [0.3, 0.4) is 0 Å². The molecule has 7 heteroatoms. The van der Waals surface area contributed by atoms with Crippen molar-refractivity contribution in [1.82, 2.24) is 0 Å². The lowest BCUT2D eigenvalue weighted by molar-refractivity contribution is 0.477. The molecule has 0 saturated heterocycles. The number of thioether (sulfide) groups is 1. The van der Waals surface area contributed by atoms with Crippen LogP contribution < -0.4 is 11.5 Å². The molecule has 2 aromatic carbocycles. The summed E-state index contributed by atoms with van der Waals surface area (Å²) in [7, 11) is 0. The number of nitrogen functional groups attached to an aromatic ring is 2. The molecule has 7 N–H and O–H groups in total. The van der Waals surface area contributed by atoms with Crippen LogP contribution in [0.4, 0.5) is 15.8 Å². The second-order valence-corrected chi connectivity index (χ2v) is 5.73. The number of hydrogen-bond donors (Lipinski definition) is 5. The molecule has 0 heterocycles. The summed E-state index contributed by atoms with van der Waals surface area (Å²) in [6.07, 6.45) is 0.276. The van der Waals surface area contributed by atoms with E-state index in [0.717, 1.165) is 17.3 Å².